The molecule has 0 spiro atoms. The van der Waals surface area contributed by atoms with E-state index in [0.717, 1.165) is 10.0 Å². The van der Waals surface area contributed by atoms with Gasteiger partial charge in [0.05, 0.1) is 18.0 Å². The van der Waals surface area contributed by atoms with Crippen molar-refractivity contribution in [1.82, 2.24) is 0 Å². The first-order chi connectivity index (χ1) is 10.0. The van der Waals surface area contributed by atoms with Crippen LogP contribution in [0.2, 0.25) is 0 Å². The average Bonchev–Trinajstić information content (AvgIpc) is 2.44. The number of aryl methyl sites for hydroxylation is 1. The maximum absolute atomic E-state index is 12.7. The molecular formula is C16H17BrN2O2. The van der Waals surface area contributed by atoms with Crippen molar-refractivity contribution in [3.63, 3.8) is 0 Å². The second kappa shape index (κ2) is 6.74. The Morgan fingerprint density at radius 2 is 2.00 bits per heavy atom. The van der Waals surface area contributed by atoms with Crippen LogP contribution in [0.5, 0.6) is 0 Å². The molecule has 2 aromatic carbocycles. The maximum atomic E-state index is 12.7. The zero-order chi connectivity index (χ0) is 15.4. The fourth-order valence-corrected chi connectivity index (χ4v) is 2.79. The summed E-state index contributed by atoms with van der Waals surface area (Å²) >= 11 is 3.40. The van der Waals surface area contributed by atoms with Gasteiger partial charge in [-0.2, -0.15) is 0 Å². The highest BCUT2D eigenvalue weighted by atomic mass is 79.9. The Balaban J connectivity index is 2.42. The van der Waals surface area contributed by atoms with Gasteiger partial charge in [-0.3, -0.25) is 4.79 Å². The number of nitrogen functional groups attached to an aromatic ring is 1. The van der Waals surface area contributed by atoms with Gasteiger partial charge in [0.25, 0.3) is 5.91 Å². The number of anilines is 2. The van der Waals surface area contributed by atoms with Gasteiger partial charge in [0.1, 0.15) is 0 Å². The lowest BCUT2D eigenvalue weighted by Gasteiger charge is -2.23. The smallest absolute Gasteiger partial charge is 0.258 e. The van der Waals surface area contributed by atoms with Gasteiger partial charge in [0, 0.05) is 16.6 Å². The van der Waals surface area contributed by atoms with Crippen LogP contribution in [-0.2, 0) is 0 Å². The number of hydrogen-bond donors (Lipinski definition) is 2. The molecule has 0 aliphatic heterocycles. The molecule has 2 rings (SSSR count). The number of carbonyl (C=O) groups excluding carboxylic acids is 1. The average molecular weight is 349 g/mol. The molecule has 2 aromatic rings. The first-order valence-corrected chi connectivity index (χ1v) is 7.36. The number of para-hydroxylation sites is 2. The number of benzene rings is 2. The van der Waals surface area contributed by atoms with E-state index in [1.807, 2.05) is 31.2 Å². The van der Waals surface area contributed by atoms with Crippen LogP contribution in [0.3, 0.4) is 0 Å². The Bertz CT molecular complexity index is 638. The Labute approximate surface area is 132 Å². The molecule has 3 N–H and O–H groups in total. The van der Waals surface area contributed by atoms with E-state index in [9.17, 15) is 9.90 Å². The van der Waals surface area contributed by atoms with Crippen molar-refractivity contribution in [3.8, 4) is 0 Å². The van der Waals surface area contributed by atoms with Crippen LogP contribution in [0.4, 0.5) is 11.4 Å². The molecule has 0 bridgehead atoms. The van der Waals surface area contributed by atoms with E-state index in [0.29, 0.717) is 16.9 Å². The lowest BCUT2D eigenvalue weighted by atomic mass is 10.1. The molecule has 21 heavy (non-hydrogen) atoms. The SMILES string of the molecule is Cc1cc(Br)cc(C(=O)N(CCO)c2ccccc2N)c1. The summed E-state index contributed by atoms with van der Waals surface area (Å²) in [5.41, 5.74) is 8.59. The van der Waals surface area contributed by atoms with Gasteiger partial charge in [0.15, 0.2) is 0 Å². The molecule has 0 radical (unpaired) electrons. The number of aliphatic hydroxyl groups excluding tert-OH is 1. The summed E-state index contributed by atoms with van der Waals surface area (Å²) in [6.45, 7) is 1.99. The molecular weight excluding hydrogens is 332 g/mol. The van der Waals surface area contributed by atoms with Crippen molar-refractivity contribution in [2.75, 3.05) is 23.8 Å². The van der Waals surface area contributed by atoms with Gasteiger partial charge in [-0.15, -0.1) is 0 Å². The zero-order valence-electron chi connectivity index (χ0n) is 11.7. The number of amides is 1. The first-order valence-electron chi connectivity index (χ1n) is 6.57. The highest BCUT2D eigenvalue weighted by Crippen LogP contribution is 2.25. The molecule has 4 nitrogen and oxygen atoms in total. The molecule has 110 valence electrons. The van der Waals surface area contributed by atoms with Crippen molar-refractivity contribution < 1.29 is 9.90 Å². The van der Waals surface area contributed by atoms with Gasteiger partial charge in [0.2, 0.25) is 0 Å². The number of rotatable bonds is 4. The minimum Gasteiger partial charge on any atom is -0.397 e. The van der Waals surface area contributed by atoms with Gasteiger partial charge < -0.3 is 15.7 Å². The van der Waals surface area contributed by atoms with E-state index in [1.165, 1.54) is 4.90 Å². The Kier molecular flexibility index (Phi) is 4.98. The second-order valence-corrected chi connectivity index (χ2v) is 5.67. The summed E-state index contributed by atoms with van der Waals surface area (Å²) in [6.07, 6.45) is 0. The molecule has 0 aliphatic rings. The first kappa shape index (κ1) is 15.5. The van der Waals surface area contributed by atoms with Crippen molar-refractivity contribution >= 4 is 33.2 Å². The van der Waals surface area contributed by atoms with Crippen molar-refractivity contribution in [3.05, 3.63) is 58.1 Å². The van der Waals surface area contributed by atoms with Crippen LogP contribution in [-0.4, -0.2) is 24.2 Å². The predicted octanol–water partition coefficient (Wildman–Crippen LogP) is 2.98. The van der Waals surface area contributed by atoms with Crippen LogP contribution >= 0.6 is 15.9 Å². The molecule has 0 fully saturated rings. The molecule has 0 heterocycles. The van der Waals surface area contributed by atoms with E-state index in [1.54, 1.807) is 18.2 Å². The minimum atomic E-state index is -0.189. The topological polar surface area (TPSA) is 66.6 Å². The van der Waals surface area contributed by atoms with Gasteiger partial charge in [-0.05, 0) is 42.8 Å². The summed E-state index contributed by atoms with van der Waals surface area (Å²) in [5.74, 6) is -0.189. The Hall–Kier alpha value is -1.85. The van der Waals surface area contributed by atoms with E-state index < -0.39 is 0 Å². The fraction of sp³-hybridized carbons (Fsp3) is 0.188. The number of aliphatic hydroxyl groups is 1. The normalized spacial score (nSPS) is 10.4. The van der Waals surface area contributed by atoms with Crippen molar-refractivity contribution in [1.29, 1.82) is 0 Å². The molecule has 0 saturated heterocycles. The van der Waals surface area contributed by atoms with Crippen LogP contribution < -0.4 is 10.6 Å². The summed E-state index contributed by atoms with van der Waals surface area (Å²) in [4.78, 5) is 14.2. The van der Waals surface area contributed by atoms with Crippen LogP contribution in [0.15, 0.2) is 46.9 Å². The van der Waals surface area contributed by atoms with Crippen LogP contribution in [0.25, 0.3) is 0 Å². The molecule has 5 heteroatoms. The third kappa shape index (κ3) is 3.62. The van der Waals surface area contributed by atoms with Gasteiger partial charge in [-0.25, -0.2) is 0 Å². The molecule has 0 unspecified atom stereocenters. The Morgan fingerprint density at radius 1 is 1.29 bits per heavy atom. The Morgan fingerprint density at radius 3 is 2.62 bits per heavy atom. The third-order valence-corrected chi connectivity index (χ3v) is 3.54. The van der Waals surface area contributed by atoms with Crippen molar-refractivity contribution in [2.45, 2.75) is 6.92 Å². The fourth-order valence-electron chi connectivity index (χ4n) is 2.18. The monoisotopic (exact) mass is 348 g/mol. The molecule has 0 saturated carbocycles. The summed E-state index contributed by atoms with van der Waals surface area (Å²) in [5, 5.41) is 9.25. The van der Waals surface area contributed by atoms with Gasteiger partial charge in [-0.1, -0.05) is 28.1 Å². The lowest BCUT2D eigenvalue weighted by Crippen LogP contribution is -2.34. The van der Waals surface area contributed by atoms with E-state index >= 15 is 0 Å². The highest BCUT2D eigenvalue weighted by molar-refractivity contribution is 9.10. The molecule has 1 amide bonds. The summed E-state index contributed by atoms with van der Waals surface area (Å²) < 4.78 is 0.843. The highest BCUT2D eigenvalue weighted by Gasteiger charge is 2.19. The standard InChI is InChI=1S/C16H17BrN2O2/c1-11-8-12(10-13(17)9-11)16(21)19(6-7-20)15-5-3-2-4-14(15)18/h2-5,8-10,20H,6-7,18H2,1H3. The van der Waals surface area contributed by atoms with Gasteiger partial charge >= 0.3 is 0 Å². The zero-order valence-corrected chi connectivity index (χ0v) is 13.3. The van der Waals surface area contributed by atoms with Crippen LogP contribution in [0, 0.1) is 6.92 Å². The predicted molar refractivity (Wildman–Crippen MR) is 88.5 cm³/mol. The largest absolute Gasteiger partial charge is 0.397 e. The number of carbonyl (C=O) groups is 1. The van der Waals surface area contributed by atoms with Crippen molar-refractivity contribution in [2.24, 2.45) is 0 Å². The number of halogens is 1. The number of nitrogens with zero attached hydrogens (tertiary/aromatic N) is 1. The molecule has 0 atom stereocenters. The summed E-state index contributed by atoms with van der Waals surface area (Å²) in [7, 11) is 0. The van der Waals surface area contributed by atoms with E-state index in [2.05, 4.69) is 15.9 Å². The number of nitrogens with two attached hydrogens (primary N) is 1. The molecule has 0 aliphatic carbocycles. The van der Waals surface area contributed by atoms with E-state index in [-0.39, 0.29) is 19.1 Å². The maximum Gasteiger partial charge on any atom is 0.258 e. The quantitative estimate of drug-likeness (QED) is 0.834. The minimum absolute atomic E-state index is 0.132. The second-order valence-electron chi connectivity index (χ2n) is 4.76. The third-order valence-electron chi connectivity index (χ3n) is 3.09. The van der Waals surface area contributed by atoms with E-state index in [4.69, 9.17) is 5.73 Å². The summed E-state index contributed by atoms with van der Waals surface area (Å²) in [6, 6.07) is 12.6. The molecule has 0 aromatic heterocycles. The lowest BCUT2D eigenvalue weighted by molar-refractivity contribution is 0.0981. The van der Waals surface area contributed by atoms with Crippen LogP contribution in [0.1, 0.15) is 15.9 Å². The number of hydrogen-bond acceptors (Lipinski definition) is 3.